The fraction of sp³-hybridized carbons (Fsp3) is 0.478. The van der Waals surface area contributed by atoms with Crippen LogP contribution in [-0.4, -0.2) is 207 Å². The van der Waals surface area contributed by atoms with Gasteiger partial charge in [-0.1, -0.05) is 0 Å². The number of pyridine rings is 2. The van der Waals surface area contributed by atoms with Gasteiger partial charge in [0.05, 0.1) is 26.3 Å². The molecular formula is C46H66N10O14. The number of hydrogen-bond donors (Lipinski definition) is 6. The Bertz CT molecular complexity index is 2140. The van der Waals surface area contributed by atoms with Gasteiger partial charge in [0, 0.05) is 127 Å². The first-order chi connectivity index (χ1) is 33.2. The van der Waals surface area contributed by atoms with E-state index in [1.165, 1.54) is 0 Å². The quantitative estimate of drug-likeness (QED) is 0.0616. The molecule has 2 fully saturated rings. The molecule has 0 aromatic carbocycles. The molecule has 4 aromatic heterocycles. The zero-order valence-corrected chi connectivity index (χ0v) is 40.4. The van der Waals surface area contributed by atoms with Crippen LogP contribution in [-0.2, 0) is 64.4 Å². The molecule has 24 heteroatoms. The van der Waals surface area contributed by atoms with E-state index in [0.29, 0.717) is 61.8 Å². The van der Waals surface area contributed by atoms with Gasteiger partial charge in [0.2, 0.25) is 0 Å². The first-order valence-electron chi connectivity index (χ1n) is 22.3. The van der Waals surface area contributed by atoms with Gasteiger partial charge in [-0.2, -0.15) is 0 Å². The number of imidazole rings is 2. The number of carboxylic acid groups (broad SMARTS) is 6. The number of carboxylic acids is 6. The van der Waals surface area contributed by atoms with Crippen molar-refractivity contribution in [1.29, 1.82) is 0 Å². The Morgan fingerprint density at radius 1 is 0.557 bits per heavy atom. The van der Waals surface area contributed by atoms with E-state index in [1.54, 1.807) is 0 Å². The molecule has 24 nitrogen and oxygen atoms in total. The Balaban J connectivity index is 0.000000332. The summed E-state index contributed by atoms with van der Waals surface area (Å²) >= 11 is 0. The van der Waals surface area contributed by atoms with Gasteiger partial charge in [-0.15, -0.1) is 0 Å². The van der Waals surface area contributed by atoms with E-state index in [1.807, 2.05) is 50.5 Å². The fourth-order valence-corrected chi connectivity index (χ4v) is 6.94. The van der Waals surface area contributed by atoms with Crippen molar-refractivity contribution in [2.75, 3.05) is 79.8 Å². The van der Waals surface area contributed by atoms with Gasteiger partial charge in [0.1, 0.15) is 22.7 Å². The Hall–Kier alpha value is -6.96. The van der Waals surface area contributed by atoms with Crippen LogP contribution in [0.2, 0.25) is 0 Å². The van der Waals surface area contributed by atoms with E-state index in [-0.39, 0.29) is 0 Å². The van der Waals surface area contributed by atoms with Gasteiger partial charge in [-0.3, -0.25) is 9.80 Å². The van der Waals surface area contributed by atoms with Gasteiger partial charge >= 0.3 is 35.8 Å². The molecule has 6 N–H and O–H groups in total. The van der Waals surface area contributed by atoms with Crippen molar-refractivity contribution in [3.63, 3.8) is 0 Å². The maximum atomic E-state index is 9.55. The van der Waals surface area contributed by atoms with E-state index in [2.05, 4.69) is 66.6 Å². The maximum absolute atomic E-state index is 9.55. The molecule has 0 spiro atoms. The summed E-state index contributed by atoms with van der Waals surface area (Å²) in [7, 11) is 4.38. The average molecular weight is 983 g/mol. The third-order valence-corrected chi connectivity index (χ3v) is 10.2. The molecule has 2 unspecified atom stereocenters. The number of aliphatic carboxylic acids is 6. The normalized spacial score (nSPS) is 16.7. The summed E-state index contributed by atoms with van der Waals surface area (Å²) < 4.78 is 15.5. The second-order valence-electron chi connectivity index (χ2n) is 15.6. The zero-order chi connectivity index (χ0) is 52.2. The van der Waals surface area contributed by atoms with Crippen molar-refractivity contribution < 1.29 is 68.9 Å². The highest BCUT2D eigenvalue weighted by Crippen LogP contribution is 2.19. The Labute approximate surface area is 405 Å². The van der Waals surface area contributed by atoms with Crippen LogP contribution in [0.15, 0.2) is 73.1 Å². The van der Waals surface area contributed by atoms with Crippen LogP contribution in [0.5, 0.6) is 0 Å². The first kappa shape index (κ1) is 59.2. The van der Waals surface area contributed by atoms with Crippen LogP contribution in [0.3, 0.4) is 0 Å². The number of likely N-dealkylation sites (N-methyl/N-ethyl adjacent to an activating group) is 2. The maximum Gasteiger partial charge on any atom is 0.328 e. The van der Waals surface area contributed by atoms with Crippen LogP contribution in [0.4, 0.5) is 0 Å². The average Bonchev–Trinajstić information content (AvgIpc) is 3.83. The molecule has 6 rings (SSSR count). The molecule has 70 heavy (non-hydrogen) atoms. The number of nitrogens with zero attached hydrogens (tertiary/aromatic N) is 10. The lowest BCUT2D eigenvalue weighted by Gasteiger charge is -2.37. The second-order valence-corrected chi connectivity index (χ2v) is 15.6. The molecule has 0 amide bonds. The monoisotopic (exact) mass is 982 g/mol. The molecule has 384 valence electrons. The van der Waals surface area contributed by atoms with E-state index in [4.69, 9.17) is 50.1 Å². The van der Waals surface area contributed by atoms with Crippen LogP contribution in [0.1, 0.15) is 39.3 Å². The van der Waals surface area contributed by atoms with E-state index in [0.717, 1.165) is 113 Å². The lowest BCUT2D eigenvalue weighted by atomic mass is 10.2. The topological polar surface area (TPSA) is 317 Å². The van der Waals surface area contributed by atoms with Gasteiger partial charge in [-0.05, 0) is 66.1 Å². The van der Waals surface area contributed by atoms with Crippen LogP contribution in [0.25, 0.3) is 22.3 Å². The Morgan fingerprint density at radius 2 is 0.871 bits per heavy atom. The van der Waals surface area contributed by atoms with E-state index in [9.17, 15) is 28.8 Å². The number of hydrogen-bond acceptors (Lipinski definition) is 16. The third-order valence-electron chi connectivity index (χ3n) is 10.2. The minimum absolute atomic E-state index is 0.543. The number of piperazine rings is 2. The molecule has 2 aliphatic rings. The smallest absolute Gasteiger partial charge is 0.328 e. The van der Waals surface area contributed by atoms with Crippen molar-refractivity contribution in [1.82, 2.24) is 48.7 Å². The summed E-state index contributed by atoms with van der Waals surface area (Å²) in [4.78, 5) is 85.8. The minimum Gasteiger partial charge on any atom is -0.478 e. The van der Waals surface area contributed by atoms with Crippen molar-refractivity contribution in [2.24, 2.45) is 0 Å². The van der Waals surface area contributed by atoms with Gasteiger partial charge in [0.25, 0.3) is 0 Å². The molecule has 4 aromatic rings. The number of rotatable bonds is 18. The van der Waals surface area contributed by atoms with Crippen molar-refractivity contribution in [2.45, 2.75) is 66.0 Å². The molecule has 2 aliphatic heterocycles. The predicted molar refractivity (Wildman–Crippen MR) is 256 cm³/mol. The molecular weight excluding hydrogens is 917 g/mol. The van der Waals surface area contributed by atoms with Crippen LogP contribution in [0, 0.1) is 0 Å². The van der Waals surface area contributed by atoms with E-state index < -0.39 is 35.8 Å². The highest BCUT2D eigenvalue weighted by atomic mass is 16.5. The molecule has 0 bridgehead atoms. The third kappa shape index (κ3) is 22.9. The van der Waals surface area contributed by atoms with Gasteiger partial charge < -0.3 is 59.0 Å². The number of carbonyl (C=O) groups is 6. The lowest BCUT2D eigenvalue weighted by Crippen LogP contribution is -2.50. The molecule has 0 radical (unpaired) electrons. The zero-order valence-electron chi connectivity index (χ0n) is 40.4. The summed E-state index contributed by atoms with van der Waals surface area (Å²) in [6.07, 6.45) is 7.02. The van der Waals surface area contributed by atoms with E-state index >= 15 is 0 Å². The Kier molecular flexibility index (Phi) is 27.0. The lowest BCUT2D eigenvalue weighted by molar-refractivity contribution is -0.134. The Morgan fingerprint density at radius 3 is 1.14 bits per heavy atom. The van der Waals surface area contributed by atoms with Gasteiger partial charge in [-0.25, -0.2) is 48.7 Å². The highest BCUT2D eigenvalue weighted by molar-refractivity contribution is 5.90. The number of fused-ring (bicyclic) bond motifs is 2. The molecule has 0 saturated carbocycles. The summed E-state index contributed by atoms with van der Waals surface area (Å²) in [5, 5.41) is 46.9. The summed E-state index contributed by atoms with van der Waals surface area (Å²) in [5.41, 5.74) is 3.87. The van der Waals surface area contributed by atoms with Crippen molar-refractivity contribution in [3.05, 3.63) is 84.8 Å². The SMILES string of the molecule is CCOCCn1c(CN2CCN(C)CC2C)nc2cccnc21.CCOCCn1c(CN2CCN(C)CC2C)nc2cccnc21.O=C(O)C=CC(=O)O.O=C(O)C=CC(=O)O.O=C(O)C=CC(=O)O. The summed E-state index contributed by atoms with van der Waals surface area (Å²) in [6, 6.07) is 9.06. The van der Waals surface area contributed by atoms with Crippen LogP contribution < -0.4 is 0 Å². The predicted octanol–water partition coefficient (Wildman–Crippen LogP) is 2.34. The molecule has 2 saturated heterocycles. The summed E-state index contributed by atoms with van der Waals surface area (Å²) in [5.74, 6) is -5.36. The number of ether oxygens (including phenoxy) is 2. The summed E-state index contributed by atoms with van der Waals surface area (Å²) in [6.45, 7) is 21.5. The standard InChI is InChI=1S/2C17H27N5O.3C4H4O4/c2*1-4-23-11-10-22-16(19-15-6-5-7-18-17(15)22)13-21-9-8-20(3)12-14(21)2;3*5-3(6)1-2-4(7)8/h2*5-7,14H,4,8-13H2,1-3H3;3*1-2H,(H,5,6)(H,7,8). The largest absolute Gasteiger partial charge is 0.478 e. The number of aromatic nitrogens is 6. The minimum atomic E-state index is -1.26. The molecule has 2 atom stereocenters. The highest BCUT2D eigenvalue weighted by Gasteiger charge is 2.25. The fourth-order valence-electron chi connectivity index (χ4n) is 6.94. The van der Waals surface area contributed by atoms with Crippen LogP contribution >= 0.6 is 0 Å². The first-order valence-corrected chi connectivity index (χ1v) is 22.3. The van der Waals surface area contributed by atoms with Crippen molar-refractivity contribution in [3.8, 4) is 0 Å². The second kappa shape index (κ2) is 32.0. The molecule has 6 heterocycles. The molecule has 0 aliphatic carbocycles. The van der Waals surface area contributed by atoms with Gasteiger partial charge in [0.15, 0.2) is 11.3 Å². The van der Waals surface area contributed by atoms with Crippen molar-refractivity contribution >= 4 is 58.1 Å².